The topological polar surface area (TPSA) is 35.0 Å². The van der Waals surface area contributed by atoms with Gasteiger partial charge in [-0.2, -0.15) is 0 Å². The molecule has 0 amide bonds. The predicted molar refractivity (Wildman–Crippen MR) is 61.7 cm³/mol. The third kappa shape index (κ3) is 2.62. The Labute approximate surface area is 103 Å². The third-order valence-corrected chi connectivity index (χ3v) is 2.63. The summed E-state index contributed by atoms with van der Waals surface area (Å²) in [4.78, 5) is 7.69. The van der Waals surface area contributed by atoms with E-state index in [2.05, 4.69) is 16.2 Å². The second-order valence-electron chi connectivity index (χ2n) is 2.97. The largest absolute Gasteiger partial charge is 0.472 e. The maximum absolute atomic E-state index is 5.99. The number of aromatic nitrogens is 2. The number of benzene rings is 1. The van der Waals surface area contributed by atoms with Crippen LogP contribution >= 0.6 is 23.2 Å². The molecule has 0 N–H and O–H groups in total. The highest BCUT2D eigenvalue weighted by atomic mass is 35.5. The van der Waals surface area contributed by atoms with Crippen LogP contribution in [0.25, 0.3) is 0 Å². The van der Waals surface area contributed by atoms with Crippen molar-refractivity contribution in [1.29, 1.82) is 0 Å². The first kappa shape index (κ1) is 11.2. The Morgan fingerprint density at radius 2 is 2.00 bits per heavy atom. The van der Waals surface area contributed by atoms with E-state index in [0.717, 1.165) is 5.56 Å². The predicted octanol–water partition coefficient (Wildman–Crippen LogP) is 3.16. The molecule has 0 saturated heterocycles. The van der Waals surface area contributed by atoms with E-state index in [9.17, 15) is 0 Å². The maximum atomic E-state index is 5.99. The lowest BCUT2D eigenvalue weighted by Gasteiger charge is -2.07. The van der Waals surface area contributed by atoms with Gasteiger partial charge in [0.25, 0.3) is 0 Å². The standard InChI is InChI=1S/C11H7Cl2N2O/c12-9-2-1-3-10(13)8(9)7-16-11-6-14-4-5-15-11/h1-3,5-6H,7H2. The van der Waals surface area contributed by atoms with Gasteiger partial charge in [0.05, 0.1) is 12.4 Å². The number of nitrogens with zero attached hydrogens (tertiary/aromatic N) is 2. The number of ether oxygens (including phenoxy) is 1. The summed E-state index contributed by atoms with van der Waals surface area (Å²) in [5.41, 5.74) is 0.737. The summed E-state index contributed by atoms with van der Waals surface area (Å²) in [5, 5.41) is 1.14. The average molecular weight is 254 g/mol. The SMILES string of the molecule is Clc1cccc(Cl)c1COc1cn[c]cn1. The van der Waals surface area contributed by atoms with Crippen LogP contribution in [0.4, 0.5) is 0 Å². The van der Waals surface area contributed by atoms with Crippen molar-refractivity contribution in [1.82, 2.24) is 9.97 Å². The van der Waals surface area contributed by atoms with E-state index >= 15 is 0 Å². The molecule has 16 heavy (non-hydrogen) atoms. The number of rotatable bonds is 3. The molecule has 0 unspecified atom stereocenters. The number of hydrogen-bond acceptors (Lipinski definition) is 3. The van der Waals surface area contributed by atoms with Gasteiger partial charge in [0.2, 0.25) is 5.88 Å². The fourth-order valence-electron chi connectivity index (χ4n) is 1.14. The van der Waals surface area contributed by atoms with Crippen LogP contribution < -0.4 is 4.74 Å². The summed E-state index contributed by atoms with van der Waals surface area (Å²) in [6.07, 6.45) is 5.47. The summed E-state index contributed by atoms with van der Waals surface area (Å²) in [5.74, 6) is 0.412. The zero-order valence-corrected chi connectivity index (χ0v) is 9.66. The van der Waals surface area contributed by atoms with Crippen molar-refractivity contribution in [2.24, 2.45) is 0 Å². The molecule has 3 nitrogen and oxygen atoms in total. The summed E-state index contributed by atoms with van der Waals surface area (Å²) in [7, 11) is 0. The Morgan fingerprint density at radius 1 is 1.25 bits per heavy atom. The Bertz CT molecular complexity index is 456. The molecular weight excluding hydrogens is 247 g/mol. The van der Waals surface area contributed by atoms with Gasteiger partial charge in [-0.3, -0.25) is 0 Å². The van der Waals surface area contributed by atoms with Gasteiger partial charge in [-0.15, -0.1) is 0 Å². The van der Waals surface area contributed by atoms with Crippen molar-refractivity contribution in [2.75, 3.05) is 0 Å². The summed E-state index contributed by atoms with van der Waals surface area (Å²) in [6.45, 7) is 0.261. The molecular formula is C11H7Cl2N2O. The lowest BCUT2D eigenvalue weighted by atomic mass is 10.2. The molecule has 0 saturated carbocycles. The molecule has 0 bridgehead atoms. The van der Waals surface area contributed by atoms with Gasteiger partial charge in [0.1, 0.15) is 12.8 Å². The van der Waals surface area contributed by atoms with Crippen molar-refractivity contribution >= 4 is 23.2 Å². The Kier molecular flexibility index (Phi) is 3.59. The van der Waals surface area contributed by atoms with Crippen molar-refractivity contribution in [2.45, 2.75) is 6.61 Å². The van der Waals surface area contributed by atoms with Gasteiger partial charge in [0.15, 0.2) is 0 Å². The molecule has 2 rings (SSSR count). The van der Waals surface area contributed by atoms with Crippen LogP contribution in [-0.2, 0) is 6.61 Å². The summed E-state index contributed by atoms with van der Waals surface area (Å²) >= 11 is 12.0. The van der Waals surface area contributed by atoms with Crippen LogP contribution in [0.15, 0.2) is 30.6 Å². The smallest absolute Gasteiger partial charge is 0.232 e. The molecule has 1 aromatic carbocycles. The first-order valence-electron chi connectivity index (χ1n) is 4.51. The molecule has 1 radical (unpaired) electrons. The second kappa shape index (κ2) is 5.14. The van der Waals surface area contributed by atoms with Crippen LogP contribution in [0.5, 0.6) is 5.88 Å². The van der Waals surface area contributed by atoms with E-state index in [1.54, 1.807) is 18.2 Å². The lowest BCUT2D eigenvalue weighted by Crippen LogP contribution is -1.99. The fourth-order valence-corrected chi connectivity index (χ4v) is 1.65. The minimum atomic E-state index is 0.261. The van der Waals surface area contributed by atoms with Gasteiger partial charge in [-0.1, -0.05) is 29.3 Å². The van der Waals surface area contributed by atoms with Crippen molar-refractivity contribution in [3.05, 3.63) is 52.4 Å². The van der Waals surface area contributed by atoms with E-state index in [4.69, 9.17) is 27.9 Å². The van der Waals surface area contributed by atoms with Crippen molar-refractivity contribution < 1.29 is 4.74 Å². The fraction of sp³-hybridized carbons (Fsp3) is 0.0909. The van der Waals surface area contributed by atoms with Crippen molar-refractivity contribution in [3.63, 3.8) is 0 Å². The molecule has 1 aromatic heterocycles. The van der Waals surface area contributed by atoms with E-state index in [-0.39, 0.29) is 6.61 Å². The van der Waals surface area contributed by atoms with Crippen LogP contribution in [0.3, 0.4) is 0 Å². The highest BCUT2D eigenvalue weighted by Crippen LogP contribution is 2.25. The molecule has 0 aliphatic rings. The van der Waals surface area contributed by atoms with Crippen LogP contribution in [0, 0.1) is 6.20 Å². The van der Waals surface area contributed by atoms with Crippen molar-refractivity contribution in [3.8, 4) is 5.88 Å². The summed E-state index contributed by atoms with van der Waals surface area (Å²) in [6, 6.07) is 5.30. The molecule has 1 heterocycles. The lowest BCUT2D eigenvalue weighted by molar-refractivity contribution is 0.292. The molecule has 2 aromatic rings. The van der Waals surface area contributed by atoms with E-state index in [0.29, 0.717) is 15.9 Å². The molecule has 0 aliphatic carbocycles. The van der Waals surface area contributed by atoms with Gasteiger partial charge in [-0.05, 0) is 12.1 Å². The third-order valence-electron chi connectivity index (χ3n) is 1.93. The Balaban J connectivity index is 2.11. The van der Waals surface area contributed by atoms with Crippen LogP contribution in [-0.4, -0.2) is 9.97 Å². The molecule has 0 spiro atoms. The van der Waals surface area contributed by atoms with Gasteiger partial charge >= 0.3 is 0 Å². The van der Waals surface area contributed by atoms with Crippen LogP contribution in [0.2, 0.25) is 10.0 Å². The molecule has 0 fully saturated rings. The zero-order chi connectivity index (χ0) is 11.4. The highest BCUT2D eigenvalue weighted by Gasteiger charge is 2.06. The van der Waals surface area contributed by atoms with Gasteiger partial charge in [0, 0.05) is 15.6 Å². The normalized spacial score (nSPS) is 10.1. The zero-order valence-electron chi connectivity index (χ0n) is 8.15. The molecule has 81 valence electrons. The second-order valence-corrected chi connectivity index (χ2v) is 3.79. The van der Waals surface area contributed by atoms with E-state index in [1.165, 1.54) is 12.4 Å². The molecule has 5 heteroatoms. The van der Waals surface area contributed by atoms with Gasteiger partial charge < -0.3 is 4.74 Å². The minimum Gasteiger partial charge on any atom is -0.472 e. The van der Waals surface area contributed by atoms with E-state index < -0.39 is 0 Å². The molecule has 0 aliphatic heterocycles. The Morgan fingerprint density at radius 3 is 2.62 bits per heavy atom. The minimum absolute atomic E-state index is 0.261. The van der Waals surface area contributed by atoms with Gasteiger partial charge in [-0.25, -0.2) is 9.97 Å². The highest BCUT2D eigenvalue weighted by molar-refractivity contribution is 6.35. The average Bonchev–Trinajstić information content (AvgIpc) is 2.30. The maximum Gasteiger partial charge on any atom is 0.232 e. The monoisotopic (exact) mass is 253 g/mol. The first-order chi connectivity index (χ1) is 7.77. The molecule has 0 atom stereocenters. The number of hydrogen-bond donors (Lipinski definition) is 0. The Hall–Kier alpha value is -1.32. The van der Waals surface area contributed by atoms with E-state index in [1.807, 2.05) is 0 Å². The summed E-state index contributed by atoms with van der Waals surface area (Å²) < 4.78 is 5.39. The quantitative estimate of drug-likeness (QED) is 0.843. The van der Waals surface area contributed by atoms with Crippen LogP contribution in [0.1, 0.15) is 5.56 Å². The number of halogens is 2. The first-order valence-corrected chi connectivity index (χ1v) is 5.27.